The van der Waals surface area contributed by atoms with Gasteiger partial charge in [-0.15, -0.1) is 0 Å². The molecule has 1 aromatic carbocycles. The normalized spacial score (nSPS) is 19.2. The Balaban J connectivity index is 1.89. The summed E-state index contributed by atoms with van der Waals surface area (Å²) in [5, 5.41) is 2.44. The molecule has 0 fully saturated rings. The highest BCUT2D eigenvalue weighted by molar-refractivity contribution is 6.00. The average molecular weight is 442 g/mol. The van der Waals surface area contributed by atoms with E-state index in [1.807, 2.05) is 6.20 Å². The van der Waals surface area contributed by atoms with E-state index in [2.05, 4.69) is 84.1 Å². The number of unbranched alkanes of at least 4 members (excludes halogenated alkanes) is 1. The summed E-state index contributed by atoms with van der Waals surface area (Å²) in [7, 11) is 0. The van der Waals surface area contributed by atoms with Crippen molar-refractivity contribution in [1.29, 1.82) is 0 Å². The molecule has 0 saturated carbocycles. The van der Waals surface area contributed by atoms with Gasteiger partial charge in [0.25, 0.3) is 0 Å². The van der Waals surface area contributed by atoms with Crippen LogP contribution in [0, 0.1) is 0 Å². The van der Waals surface area contributed by atoms with E-state index in [-0.39, 0.29) is 16.2 Å². The van der Waals surface area contributed by atoms with Crippen LogP contribution < -0.4 is 0 Å². The minimum atomic E-state index is -0.0265. The van der Waals surface area contributed by atoms with Gasteiger partial charge in [-0.1, -0.05) is 68.2 Å². The molecule has 0 amide bonds. The van der Waals surface area contributed by atoms with Crippen LogP contribution in [0.25, 0.3) is 27.5 Å². The summed E-state index contributed by atoms with van der Waals surface area (Å²) < 4.78 is 2.45. The van der Waals surface area contributed by atoms with Gasteiger partial charge in [0, 0.05) is 33.5 Å². The largest absolute Gasteiger partial charge is 0.296 e. The van der Waals surface area contributed by atoms with Crippen LogP contribution in [0.1, 0.15) is 104 Å². The summed E-state index contributed by atoms with van der Waals surface area (Å²) in [6.45, 7) is 18.5. The Kier molecular flexibility index (Phi) is 4.94. The Labute approximate surface area is 198 Å². The van der Waals surface area contributed by atoms with E-state index in [1.165, 1.54) is 59.7 Å². The number of aryl methyl sites for hydroxylation is 1. The first kappa shape index (κ1) is 22.4. The van der Waals surface area contributed by atoms with Gasteiger partial charge in [-0.3, -0.25) is 9.38 Å². The molecule has 3 nitrogen and oxygen atoms in total. The van der Waals surface area contributed by atoms with Crippen molar-refractivity contribution in [2.24, 2.45) is 0 Å². The number of pyridine rings is 2. The summed E-state index contributed by atoms with van der Waals surface area (Å²) in [6.07, 6.45) is 8.21. The second-order valence-electron chi connectivity index (χ2n) is 12.6. The Morgan fingerprint density at radius 2 is 1.76 bits per heavy atom. The molecule has 3 heteroatoms. The van der Waals surface area contributed by atoms with Gasteiger partial charge < -0.3 is 0 Å². The van der Waals surface area contributed by atoms with Gasteiger partial charge in [-0.05, 0) is 60.1 Å². The predicted octanol–water partition coefficient (Wildman–Crippen LogP) is 8.02. The first-order chi connectivity index (χ1) is 15.4. The predicted molar refractivity (Wildman–Crippen MR) is 141 cm³/mol. The number of aromatic nitrogens is 3. The number of nitrogens with zero attached hydrogens (tertiary/aromatic N) is 3. The van der Waals surface area contributed by atoms with Crippen molar-refractivity contribution in [2.45, 2.75) is 104 Å². The zero-order valence-electron chi connectivity index (χ0n) is 21.8. The molecule has 0 spiro atoms. The minimum Gasteiger partial charge on any atom is -0.296 e. The Morgan fingerprint density at radius 3 is 2.42 bits per heavy atom. The zero-order chi connectivity index (χ0) is 23.8. The van der Waals surface area contributed by atoms with Crippen molar-refractivity contribution in [2.75, 3.05) is 0 Å². The lowest BCUT2D eigenvalue weighted by molar-refractivity contribution is 0.415. The van der Waals surface area contributed by atoms with E-state index in [9.17, 15) is 0 Å². The fourth-order valence-electron chi connectivity index (χ4n) is 5.90. The number of fused-ring (bicyclic) bond motifs is 6. The molecule has 1 aliphatic carbocycles. The van der Waals surface area contributed by atoms with Gasteiger partial charge in [0.15, 0.2) is 0 Å². The van der Waals surface area contributed by atoms with E-state index in [0.717, 1.165) is 16.9 Å². The maximum atomic E-state index is 5.26. The lowest BCUT2D eigenvalue weighted by Gasteiger charge is -2.26. The fraction of sp³-hybridized carbons (Fsp3) is 0.533. The van der Waals surface area contributed by atoms with Crippen molar-refractivity contribution in [3.05, 3.63) is 53.0 Å². The molecule has 3 aromatic heterocycles. The van der Waals surface area contributed by atoms with E-state index in [4.69, 9.17) is 9.97 Å². The van der Waals surface area contributed by atoms with Crippen LogP contribution in [0.4, 0.5) is 0 Å². The van der Waals surface area contributed by atoms with Gasteiger partial charge in [-0.2, -0.15) is 0 Å². The molecule has 0 aliphatic heterocycles. The lowest BCUT2D eigenvalue weighted by Crippen LogP contribution is -2.19. The van der Waals surface area contributed by atoms with E-state index < -0.39 is 0 Å². The van der Waals surface area contributed by atoms with Crippen LogP contribution in [0.2, 0.25) is 0 Å². The third kappa shape index (κ3) is 3.47. The van der Waals surface area contributed by atoms with Crippen LogP contribution in [-0.4, -0.2) is 14.4 Å². The number of rotatable bonds is 3. The molecule has 5 rings (SSSR count). The van der Waals surface area contributed by atoms with Crippen molar-refractivity contribution >= 4 is 27.5 Å². The number of hydrogen-bond donors (Lipinski definition) is 0. The number of imidazole rings is 1. The van der Waals surface area contributed by atoms with Gasteiger partial charge in [-0.25, -0.2) is 4.98 Å². The van der Waals surface area contributed by atoms with Crippen LogP contribution >= 0.6 is 0 Å². The van der Waals surface area contributed by atoms with Crippen molar-refractivity contribution < 1.29 is 0 Å². The van der Waals surface area contributed by atoms with Crippen molar-refractivity contribution in [3.8, 4) is 0 Å². The molecule has 1 unspecified atom stereocenters. The van der Waals surface area contributed by atoms with Crippen LogP contribution in [0.3, 0.4) is 0 Å². The number of hydrogen-bond acceptors (Lipinski definition) is 2. The Hall–Kier alpha value is -2.42. The van der Waals surface area contributed by atoms with Gasteiger partial charge in [0.1, 0.15) is 5.65 Å². The topological polar surface area (TPSA) is 30.2 Å². The molecular weight excluding hydrogens is 402 g/mol. The molecule has 0 radical (unpaired) electrons. The molecule has 3 heterocycles. The van der Waals surface area contributed by atoms with Gasteiger partial charge >= 0.3 is 0 Å². The summed E-state index contributed by atoms with van der Waals surface area (Å²) in [6, 6.07) is 9.41. The molecule has 0 saturated heterocycles. The minimum absolute atomic E-state index is 0.0183. The second-order valence-corrected chi connectivity index (χ2v) is 12.6. The average Bonchev–Trinajstić information content (AvgIpc) is 3.26. The standard InChI is InChI=1S/C30H39N3/c1-9-10-13-30(8)14-11-19-16-23-24(18-22(19)30)33-25(28(2,3)4)17-21-20(27(33)32-23)12-15-31-26(21)29(5,6)7/h12,15-18H,9-11,13-14H2,1-8H3. The van der Waals surface area contributed by atoms with E-state index in [0.29, 0.717) is 0 Å². The second kappa shape index (κ2) is 7.29. The molecule has 33 heavy (non-hydrogen) atoms. The van der Waals surface area contributed by atoms with E-state index >= 15 is 0 Å². The van der Waals surface area contributed by atoms with Gasteiger partial charge in [0.05, 0.1) is 16.7 Å². The molecule has 174 valence electrons. The molecule has 4 aromatic rings. The quantitative estimate of drug-likeness (QED) is 0.322. The summed E-state index contributed by atoms with van der Waals surface area (Å²) >= 11 is 0. The zero-order valence-corrected chi connectivity index (χ0v) is 21.8. The first-order valence-corrected chi connectivity index (χ1v) is 12.7. The fourth-order valence-corrected chi connectivity index (χ4v) is 5.90. The SMILES string of the molecule is CCCCC1(C)CCc2cc3nc4c5ccnc(C(C)(C)C)c5cc(C(C)(C)C)n4c3cc21. The third-order valence-electron chi connectivity index (χ3n) is 7.79. The molecule has 0 N–H and O–H groups in total. The Bertz CT molecular complexity index is 1380. The van der Waals surface area contributed by atoms with Gasteiger partial charge in [0.2, 0.25) is 0 Å². The molecule has 0 bridgehead atoms. The Morgan fingerprint density at radius 1 is 1.00 bits per heavy atom. The van der Waals surface area contributed by atoms with E-state index in [1.54, 1.807) is 5.56 Å². The summed E-state index contributed by atoms with van der Waals surface area (Å²) in [4.78, 5) is 10.1. The summed E-state index contributed by atoms with van der Waals surface area (Å²) in [5.74, 6) is 0. The van der Waals surface area contributed by atoms with Crippen LogP contribution in [0.15, 0.2) is 30.5 Å². The van der Waals surface area contributed by atoms with Crippen LogP contribution in [0.5, 0.6) is 0 Å². The molecular formula is C30H39N3. The monoisotopic (exact) mass is 441 g/mol. The smallest absolute Gasteiger partial charge is 0.146 e. The van der Waals surface area contributed by atoms with Crippen LogP contribution in [-0.2, 0) is 22.7 Å². The first-order valence-electron chi connectivity index (χ1n) is 12.7. The summed E-state index contributed by atoms with van der Waals surface area (Å²) in [5.41, 5.74) is 9.20. The van der Waals surface area contributed by atoms with Crippen molar-refractivity contribution in [3.63, 3.8) is 0 Å². The maximum Gasteiger partial charge on any atom is 0.146 e. The maximum absolute atomic E-state index is 5.26. The number of benzene rings is 1. The highest BCUT2D eigenvalue weighted by atomic mass is 15.0. The highest BCUT2D eigenvalue weighted by Crippen LogP contribution is 2.45. The lowest BCUT2D eigenvalue weighted by atomic mass is 9.79. The third-order valence-corrected chi connectivity index (χ3v) is 7.79. The molecule has 1 aliphatic rings. The molecule has 1 atom stereocenters. The van der Waals surface area contributed by atoms with Crippen molar-refractivity contribution in [1.82, 2.24) is 14.4 Å². The highest BCUT2D eigenvalue weighted by Gasteiger charge is 2.35.